The van der Waals surface area contributed by atoms with Gasteiger partial charge in [-0.3, -0.25) is 9.59 Å². The van der Waals surface area contributed by atoms with Crippen LogP contribution in [0.4, 0.5) is 0 Å². The predicted octanol–water partition coefficient (Wildman–Crippen LogP) is 0.903. The summed E-state index contributed by atoms with van der Waals surface area (Å²) >= 11 is 0. The molecule has 18 heavy (non-hydrogen) atoms. The molecule has 0 bridgehead atoms. The molecule has 0 saturated heterocycles. The van der Waals surface area contributed by atoms with E-state index in [1.54, 1.807) is 38.4 Å². The molecule has 1 rings (SSSR count). The fourth-order valence-electron chi connectivity index (χ4n) is 1.43. The van der Waals surface area contributed by atoms with Gasteiger partial charge < -0.3 is 15.0 Å². The lowest BCUT2D eigenvalue weighted by Crippen LogP contribution is -2.30. The number of carbonyl (C=O) groups excluding carboxylic acids is 2. The van der Waals surface area contributed by atoms with Crippen LogP contribution in [0.5, 0.6) is 5.75 Å². The Labute approximate surface area is 107 Å². The molecule has 0 radical (unpaired) electrons. The van der Waals surface area contributed by atoms with Crippen molar-refractivity contribution in [3.8, 4) is 5.75 Å². The minimum Gasteiger partial charge on any atom is -0.496 e. The number of hydrogen-bond donors (Lipinski definition) is 1. The molecule has 0 atom stereocenters. The van der Waals surface area contributed by atoms with Crippen LogP contribution >= 0.6 is 0 Å². The molecule has 1 aromatic rings. The second kappa shape index (κ2) is 6.64. The number of ether oxygens (including phenoxy) is 1. The molecule has 0 aliphatic rings. The quantitative estimate of drug-likeness (QED) is 0.844. The number of methoxy groups -OCH3 is 1. The van der Waals surface area contributed by atoms with E-state index in [1.165, 1.54) is 12.0 Å². The van der Waals surface area contributed by atoms with E-state index in [0.717, 1.165) is 0 Å². The summed E-state index contributed by atoms with van der Waals surface area (Å²) in [6, 6.07) is 6.97. The zero-order chi connectivity index (χ0) is 13.5. The van der Waals surface area contributed by atoms with Crippen molar-refractivity contribution in [3.63, 3.8) is 0 Å². The summed E-state index contributed by atoms with van der Waals surface area (Å²) in [5, 5.41) is 2.69. The Morgan fingerprint density at radius 2 is 1.94 bits per heavy atom. The van der Waals surface area contributed by atoms with E-state index >= 15 is 0 Å². The Kier molecular flexibility index (Phi) is 5.17. The number of carbonyl (C=O) groups is 2. The predicted molar refractivity (Wildman–Crippen MR) is 68.6 cm³/mol. The van der Waals surface area contributed by atoms with Crippen LogP contribution in [0.25, 0.3) is 0 Å². The van der Waals surface area contributed by atoms with Crippen molar-refractivity contribution < 1.29 is 14.3 Å². The molecule has 5 heteroatoms. The van der Waals surface area contributed by atoms with Gasteiger partial charge in [0.05, 0.1) is 12.7 Å². The molecule has 2 amide bonds. The first-order chi connectivity index (χ1) is 8.56. The van der Waals surface area contributed by atoms with Crippen LogP contribution in [0.15, 0.2) is 24.3 Å². The van der Waals surface area contributed by atoms with E-state index in [2.05, 4.69) is 5.32 Å². The standard InChI is InChI=1S/C13H18N2O3/c1-15(2)12(16)8-9-14-13(17)10-6-4-5-7-11(10)18-3/h4-7H,8-9H2,1-3H3,(H,14,17). The minimum atomic E-state index is -0.237. The van der Waals surface area contributed by atoms with Crippen LogP contribution in [0, 0.1) is 0 Å². The van der Waals surface area contributed by atoms with Gasteiger partial charge >= 0.3 is 0 Å². The molecule has 0 heterocycles. The number of amides is 2. The molecule has 0 fully saturated rings. The highest BCUT2D eigenvalue weighted by molar-refractivity contribution is 5.97. The second-order valence-electron chi connectivity index (χ2n) is 3.99. The summed E-state index contributed by atoms with van der Waals surface area (Å²) in [6.07, 6.45) is 0.286. The molecule has 0 unspecified atom stereocenters. The zero-order valence-electron chi connectivity index (χ0n) is 10.9. The Balaban J connectivity index is 2.53. The van der Waals surface area contributed by atoms with Gasteiger partial charge in [0, 0.05) is 27.1 Å². The highest BCUT2D eigenvalue weighted by Crippen LogP contribution is 2.16. The third-order valence-corrected chi connectivity index (χ3v) is 2.47. The van der Waals surface area contributed by atoms with E-state index in [1.807, 2.05) is 0 Å². The van der Waals surface area contributed by atoms with Gasteiger partial charge in [0.15, 0.2) is 0 Å². The number of nitrogens with one attached hydrogen (secondary N) is 1. The molecular formula is C13H18N2O3. The van der Waals surface area contributed by atoms with E-state index < -0.39 is 0 Å². The lowest BCUT2D eigenvalue weighted by molar-refractivity contribution is -0.128. The average Bonchev–Trinajstić information content (AvgIpc) is 2.38. The van der Waals surface area contributed by atoms with Crippen LogP contribution in [-0.4, -0.2) is 44.5 Å². The molecule has 5 nitrogen and oxygen atoms in total. The van der Waals surface area contributed by atoms with Crippen LogP contribution in [0.3, 0.4) is 0 Å². The van der Waals surface area contributed by atoms with Crippen LogP contribution in [-0.2, 0) is 4.79 Å². The molecule has 0 aliphatic heterocycles. The maximum atomic E-state index is 11.9. The van der Waals surface area contributed by atoms with Crippen LogP contribution in [0.2, 0.25) is 0 Å². The van der Waals surface area contributed by atoms with Gasteiger partial charge in [-0.1, -0.05) is 12.1 Å². The highest BCUT2D eigenvalue weighted by atomic mass is 16.5. The Bertz CT molecular complexity index is 430. The first kappa shape index (κ1) is 14.0. The van der Waals surface area contributed by atoms with Gasteiger partial charge in [-0.2, -0.15) is 0 Å². The largest absolute Gasteiger partial charge is 0.496 e. The van der Waals surface area contributed by atoms with Crippen LogP contribution in [0.1, 0.15) is 16.8 Å². The van der Waals surface area contributed by atoms with Gasteiger partial charge in [0.25, 0.3) is 5.91 Å². The minimum absolute atomic E-state index is 0.0182. The maximum Gasteiger partial charge on any atom is 0.255 e. The van der Waals surface area contributed by atoms with Gasteiger partial charge in [-0.15, -0.1) is 0 Å². The fourth-order valence-corrected chi connectivity index (χ4v) is 1.43. The summed E-state index contributed by atoms with van der Waals surface area (Å²) in [4.78, 5) is 24.7. The SMILES string of the molecule is COc1ccccc1C(=O)NCCC(=O)N(C)C. The molecule has 0 saturated carbocycles. The molecule has 1 N–H and O–H groups in total. The molecular weight excluding hydrogens is 232 g/mol. The van der Waals surface area contributed by atoms with E-state index in [0.29, 0.717) is 17.9 Å². The van der Waals surface area contributed by atoms with Crippen molar-refractivity contribution in [1.82, 2.24) is 10.2 Å². The van der Waals surface area contributed by atoms with Gasteiger partial charge in [0.2, 0.25) is 5.91 Å². The Morgan fingerprint density at radius 3 is 2.56 bits per heavy atom. The monoisotopic (exact) mass is 250 g/mol. The van der Waals surface area contributed by atoms with E-state index in [-0.39, 0.29) is 18.2 Å². The van der Waals surface area contributed by atoms with Gasteiger partial charge in [0.1, 0.15) is 5.75 Å². The molecule has 1 aromatic carbocycles. The van der Waals surface area contributed by atoms with Crippen molar-refractivity contribution in [2.75, 3.05) is 27.7 Å². The number of nitrogens with zero attached hydrogens (tertiary/aromatic N) is 1. The molecule has 0 aliphatic carbocycles. The molecule has 98 valence electrons. The number of hydrogen-bond acceptors (Lipinski definition) is 3. The first-order valence-electron chi connectivity index (χ1n) is 5.67. The van der Waals surface area contributed by atoms with E-state index in [4.69, 9.17) is 4.74 Å². The number of rotatable bonds is 5. The van der Waals surface area contributed by atoms with Crippen molar-refractivity contribution in [2.45, 2.75) is 6.42 Å². The zero-order valence-corrected chi connectivity index (χ0v) is 10.9. The average molecular weight is 250 g/mol. The maximum absolute atomic E-state index is 11.9. The Morgan fingerprint density at radius 1 is 1.28 bits per heavy atom. The van der Waals surface area contributed by atoms with Crippen molar-refractivity contribution >= 4 is 11.8 Å². The summed E-state index contributed by atoms with van der Waals surface area (Å²) in [5.74, 6) is 0.267. The highest BCUT2D eigenvalue weighted by Gasteiger charge is 2.11. The van der Waals surface area contributed by atoms with Crippen molar-refractivity contribution in [2.24, 2.45) is 0 Å². The summed E-state index contributed by atoms with van der Waals surface area (Å²) in [6.45, 7) is 0.313. The van der Waals surface area contributed by atoms with E-state index in [9.17, 15) is 9.59 Å². The molecule has 0 aromatic heterocycles. The smallest absolute Gasteiger partial charge is 0.255 e. The van der Waals surface area contributed by atoms with Gasteiger partial charge in [-0.05, 0) is 12.1 Å². The van der Waals surface area contributed by atoms with Gasteiger partial charge in [-0.25, -0.2) is 0 Å². The summed E-state index contributed by atoms with van der Waals surface area (Å²) in [5.41, 5.74) is 0.470. The summed E-state index contributed by atoms with van der Waals surface area (Å²) in [7, 11) is 4.89. The number of para-hydroxylation sites is 1. The third-order valence-electron chi connectivity index (χ3n) is 2.47. The van der Waals surface area contributed by atoms with Crippen molar-refractivity contribution in [3.05, 3.63) is 29.8 Å². The normalized spacial score (nSPS) is 9.72. The molecule has 0 spiro atoms. The topological polar surface area (TPSA) is 58.6 Å². The Hall–Kier alpha value is -2.04. The van der Waals surface area contributed by atoms with Crippen LogP contribution < -0.4 is 10.1 Å². The lowest BCUT2D eigenvalue weighted by Gasteiger charge is -2.11. The number of benzene rings is 1. The van der Waals surface area contributed by atoms with Crippen molar-refractivity contribution in [1.29, 1.82) is 0 Å². The third kappa shape index (κ3) is 3.76. The summed E-state index contributed by atoms with van der Waals surface area (Å²) < 4.78 is 5.10. The second-order valence-corrected chi connectivity index (χ2v) is 3.99. The lowest BCUT2D eigenvalue weighted by atomic mass is 10.2. The fraction of sp³-hybridized carbons (Fsp3) is 0.385. The first-order valence-corrected chi connectivity index (χ1v) is 5.67.